The van der Waals surface area contributed by atoms with E-state index in [0.29, 0.717) is 0 Å². The quantitative estimate of drug-likeness (QED) is 0.939. The Hall–Kier alpha value is -1.07. The van der Waals surface area contributed by atoms with E-state index in [-0.39, 0.29) is 12.1 Å². The number of halogens is 1. The summed E-state index contributed by atoms with van der Waals surface area (Å²) in [6.07, 6.45) is 1.91. The van der Waals surface area contributed by atoms with Crippen molar-refractivity contribution >= 4 is 15.9 Å². The summed E-state index contributed by atoms with van der Waals surface area (Å²) in [5, 5.41) is 7.78. The Bertz CT molecular complexity index is 532. The average Bonchev–Trinajstić information content (AvgIpc) is 2.87. The molecule has 2 rings (SSSR count). The van der Waals surface area contributed by atoms with Crippen molar-refractivity contribution in [3.05, 3.63) is 40.0 Å². The lowest BCUT2D eigenvalue weighted by molar-refractivity contribution is 0.393. The molecule has 2 aromatic rings. The van der Waals surface area contributed by atoms with Gasteiger partial charge in [0.15, 0.2) is 4.67 Å². The van der Waals surface area contributed by atoms with Crippen LogP contribution in [0, 0.1) is 6.92 Å². The smallest absolute Gasteiger partial charge is 0.169 e. The van der Waals surface area contributed by atoms with Gasteiger partial charge in [0.1, 0.15) is 5.76 Å². The topological polar surface area (TPSA) is 43.0 Å². The van der Waals surface area contributed by atoms with Crippen LogP contribution in [0.2, 0.25) is 0 Å². The second kappa shape index (κ2) is 5.28. The lowest BCUT2D eigenvalue weighted by Gasteiger charge is -2.18. The summed E-state index contributed by atoms with van der Waals surface area (Å²) >= 11 is 3.32. The Labute approximate surface area is 115 Å². The molecule has 5 heteroatoms. The summed E-state index contributed by atoms with van der Waals surface area (Å²) in [7, 11) is 1.96. The minimum absolute atomic E-state index is 0.158. The fourth-order valence-electron chi connectivity index (χ4n) is 2.05. The third kappa shape index (κ3) is 2.67. The van der Waals surface area contributed by atoms with Crippen molar-refractivity contribution in [1.29, 1.82) is 0 Å². The number of hydrogen-bond acceptors (Lipinski definition) is 3. The van der Waals surface area contributed by atoms with Gasteiger partial charge in [0.2, 0.25) is 0 Å². The molecular weight excluding hydrogens is 294 g/mol. The third-order valence-electron chi connectivity index (χ3n) is 3.26. The fourth-order valence-corrected chi connectivity index (χ4v) is 2.37. The molecule has 0 aliphatic heterocycles. The van der Waals surface area contributed by atoms with E-state index in [2.05, 4.69) is 47.1 Å². The first kappa shape index (κ1) is 13.4. The van der Waals surface area contributed by atoms with E-state index >= 15 is 0 Å². The van der Waals surface area contributed by atoms with Gasteiger partial charge < -0.3 is 9.73 Å². The first-order valence-electron chi connectivity index (χ1n) is 5.99. The zero-order chi connectivity index (χ0) is 13.3. The third-order valence-corrected chi connectivity index (χ3v) is 3.69. The molecule has 0 saturated heterocycles. The van der Waals surface area contributed by atoms with Gasteiger partial charge in [-0.2, -0.15) is 5.10 Å². The van der Waals surface area contributed by atoms with Crippen LogP contribution in [-0.2, 0) is 7.05 Å². The van der Waals surface area contributed by atoms with Crippen molar-refractivity contribution in [2.24, 2.45) is 7.05 Å². The maximum atomic E-state index is 5.55. The summed E-state index contributed by atoms with van der Waals surface area (Å²) in [6, 6.07) is 4.28. The van der Waals surface area contributed by atoms with E-state index < -0.39 is 0 Å². The fraction of sp³-hybridized carbons (Fsp3) is 0.462. The minimum Gasteiger partial charge on any atom is -0.453 e. The molecule has 0 spiro atoms. The number of nitrogens with one attached hydrogen (secondary N) is 1. The summed E-state index contributed by atoms with van der Waals surface area (Å²) in [5.74, 6) is 0.926. The van der Waals surface area contributed by atoms with Crippen molar-refractivity contribution in [2.45, 2.75) is 32.9 Å². The average molecular weight is 312 g/mol. The molecule has 0 aromatic carbocycles. The highest BCUT2D eigenvalue weighted by Crippen LogP contribution is 2.24. The van der Waals surface area contributed by atoms with Gasteiger partial charge in [-0.3, -0.25) is 4.68 Å². The van der Waals surface area contributed by atoms with Gasteiger partial charge in [0.05, 0.1) is 12.2 Å². The Balaban J connectivity index is 2.07. The molecule has 0 aliphatic rings. The first-order valence-corrected chi connectivity index (χ1v) is 6.78. The molecule has 0 aliphatic carbocycles. The zero-order valence-electron chi connectivity index (χ0n) is 11.1. The molecule has 18 heavy (non-hydrogen) atoms. The second-order valence-corrected chi connectivity index (χ2v) is 5.34. The number of nitrogens with zero attached hydrogens (tertiary/aromatic N) is 2. The van der Waals surface area contributed by atoms with Crippen LogP contribution in [-0.4, -0.2) is 9.78 Å². The number of aryl methyl sites for hydroxylation is 1. The van der Waals surface area contributed by atoms with E-state index in [1.165, 1.54) is 11.3 Å². The van der Waals surface area contributed by atoms with E-state index in [1.807, 2.05) is 30.1 Å². The van der Waals surface area contributed by atoms with Gasteiger partial charge in [0.25, 0.3) is 0 Å². The van der Waals surface area contributed by atoms with Crippen LogP contribution in [0.5, 0.6) is 0 Å². The highest BCUT2D eigenvalue weighted by atomic mass is 79.9. The van der Waals surface area contributed by atoms with Crippen LogP contribution in [0.15, 0.2) is 27.4 Å². The molecule has 2 aromatic heterocycles. The number of hydrogen-bond donors (Lipinski definition) is 1. The van der Waals surface area contributed by atoms with E-state index in [1.54, 1.807) is 0 Å². The molecule has 0 saturated carbocycles. The zero-order valence-corrected chi connectivity index (χ0v) is 12.7. The Morgan fingerprint density at radius 3 is 2.56 bits per heavy atom. The SMILES string of the molecule is Cc1c(C(C)NC(C)c2ccc(Br)o2)cnn1C. The van der Waals surface area contributed by atoms with E-state index in [0.717, 1.165) is 10.4 Å². The molecule has 0 bridgehead atoms. The van der Waals surface area contributed by atoms with Crippen LogP contribution >= 0.6 is 15.9 Å². The van der Waals surface area contributed by atoms with Crippen molar-refractivity contribution in [3.63, 3.8) is 0 Å². The maximum absolute atomic E-state index is 5.55. The summed E-state index contributed by atoms with van der Waals surface area (Å²) in [5.41, 5.74) is 2.40. The lowest BCUT2D eigenvalue weighted by atomic mass is 10.1. The van der Waals surface area contributed by atoms with Crippen molar-refractivity contribution in [3.8, 4) is 0 Å². The van der Waals surface area contributed by atoms with Crippen LogP contribution in [0.3, 0.4) is 0 Å². The lowest BCUT2D eigenvalue weighted by Crippen LogP contribution is -2.22. The van der Waals surface area contributed by atoms with Crippen molar-refractivity contribution in [1.82, 2.24) is 15.1 Å². The van der Waals surface area contributed by atoms with Crippen LogP contribution in [0.1, 0.15) is 42.9 Å². The minimum atomic E-state index is 0.158. The highest BCUT2D eigenvalue weighted by molar-refractivity contribution is 9.10. The molecule has 0 fully saturated rings. The van der Waals surface area contributed by atoms with Gasteiger partial charge in [0, 0.05) is 24.3 Å². The van der Waals surface area contributed by atoms with Crippen LogP contribution < -0.4 is 5.32 Å². The molecule has 0 amide bonds. The van der Waals surface area contributed by atoms with Crippen LogP contribution in [0.25, 0.3) is 0 Å². The van der Waals surface area contributed by atoms with Crippen molar-refractivity contribution < 1.29 is 4.42 Å². The van der Waals surface area contributed by atoms with Gasteiger partial charge in [-0.1, -0.05) is 0 Å². The molecule has 98 valence electrons. The summed E-state index contributed by atoms with van der Waals surface area (Å²) in [4.78, 5) is 0. The molecule has 0 radical (unpaired) electrons. The number of aromatic nitrogens is 2. The van der Waals surface area contributed by atoms with Crippen LogP contribution in [0.4, 0.5) is 0 Å². The van der Waals surface area contributed by atoms with E-state index in [9.17, 15) is 0 Å². The Morgan fingerprint density at radius 2 is 2.06 bits per heavy atom. The van der Waals surface area contributed by atoms with Gasteiger partial charge in [-0.05, 0) is 48.8 Å². The Kier molecular flexibility index (Phi) is 3.92. The maximum Gasteiger partial charge on any atom is 0.169 e. The normalized spacial score (nSPS) is 14.7. The molecule has 4 nitrogen and oxygen atoms in total. The van der Waals surface area contributed by atoms with Gasteiger partial charge in [-0.15, -0.1) is 0 Å². The number of rotatable bonds is 4. The number of furan rings is 1. The molecule has 2 unspecified atom stereocenters. The summed E-state index contributed by atoms with van der Waals surface area (Å²) < 4.78 is 8.20. The molecule has 1 N–H and O–H groups in total. The Morgan fingerprint density at radius 1 is 1.33 bits per heavy atom. The second-order valence-electron chi connectivity index (χ2n) is 4.56. The highest BCUT2D eigenvalue weighted by Gasteiger charge is 2.17. The standard InChI is InChI=1S/C13H18BrN3O/c1-8(11-7-15-17(4)10(11)3)16-9(2)12-5-6-13(14)18-12/h5-9,16H,1-4H3. The molecule has 2 atom stereocenters. The largest absolute Gasteiger partial charge is 0.453 e. The predicted molar refractivity (Wildman–Crippen MR) is 74.3 cm³/mol. The first-order chi connectivity index (χ1) is 8.49. The van der Waals surface area contributed by atoms with Gasteiger partial charge >= 0.3 is 0 Å². The van der Waals surface area contributed by atoms with Crippen molar-refractivity contribution in [2.75, 3.05) is 0 Å². The van der Waals surface area contributed by atoms with Gasteiger partial charge in [-0.25, -0.2) is 0 Å². The summed E-state index contributed by atoms with van der Waals surface area (Å²) in [6.45, 7) is 6.31. The molecular formula is C13H18BrN3O. The predicted octanol–water partition coefficient (Wildman–Crippen LogP) is 3.50. The van der Waals surface area contributed by atoms with E-state index in [4.69, 9.17) is 4.42 Å². The molecule has 2 heterocycles. The monoisotopic (exact) mass is 311 g/mol.